The number of methoxy groups -OCH3 is 1. The molecule has 0 aliphatic rings. The molecule has 0 fully saturated rings. The molecule has 21 heavy (non-hydrogen) atoms. The van der Waals surface area contributed by atoms with E-state index in [-0.39, 0.29) is 35.0 Å². The second kappa shape index (κ2) is 7.41. The van der Waals surface area contributed by atoms with Crippen molar-refractivity contribution in [2.45, 2.75) is 18.2 Å². The summed E-state index contributed by atoms with van der Waals surface area (Å²) in [6.45, 7) is 1.85. The number of halogens is 1. The predicted molar refractivity (Wildman–Crippen MR) is 77.2 cm³/mol. The Balaban J connectivity index is 3.08. The molecule has 0 unspecified atom stereocenters. The Morgan fingerprint density at radius 1 is 1.48 bits per heavy atom. The van der Waals surface area contributed by atoms with Gasteiger partial charge in [-0.1, -0.05) is 18.5 Å². The van der Waals surface area contributed by atoms with Crippen molar-refractivity contribution in [2.75, 3.05) is 20.2 Å². The van der Waals surface area contributed by atoms with Crippen molar-refractivity contribution >= 4 is 27.6 Å². The normalized spacial score (nSPS) is 11.2. The van der Waals surface area contributed by atoms with Gasteiger partial charge in [-0.15, -0.1) is 0 Å². The molecule has 1 aromatic rings. The highest BCUT2D eigenvalue weighted by molar-refractivity contribution is 7.89. The van der Waals surface area contributed by atoms with Crippen LogP contribution in [0.3, 0.4) is 0 Å². The highest BCUT2D eigenvalue weighted by atomic mass is 35.5. The van der Waals surface area contributed by atoms with Crippen molar-refractivity contribution in [3.63, 3.8) is 0 Å². The van der Waals surface area contributed by atoms with E-state index in [1.807, 2.05) is 6.07 Å². The van der Waals surface area contributed by atoms with Crippen molar-refractivity contribution in [2.24, 2.45) is 0 Å². The number of rotatable bonds is 6. The van der Waals surface area contributed by atoms with E-state index in [1.165, 1.54) is 25.3 Å². The van der Waals surface area contributed by atoms with Crippen LogP contribution >= 0.6 is 11.6 Å². The summed E-state index contributed by atoms with van der Waals surface area (Å²) in [6, 6.07) is 5.85. The van der Waals surface area contributed by atoms with Gasteiger partial charge in [0, 0.05) is 13.1 Å². The average molecular weight is 331 g/mol. The molecule has 0 aromatic heterocycles. The van der Waals surface area contributed by atoms with Crippen LogP contribution in [0.5, 0.6) is 0 Å². The van der Waals surface area contributed by atoms with Gasteiger partial charge in [-0.2, -0.15) is 9.57 Å². The van der Waals surface area contributed by atoms with E-state index in [4.69, 9.17) is 16.9 Å². The highest BCUT2D eigenvalue weighted by Crippen LogP contribution is 2.25. The number of nitriles is 1. The minimum absolute atomic E-state index is 0.00182. The fourth-order valence-electron chi connectivity index (χ4n) is 1.68. The quantitative estimate of drug-likeness (QED) is 0.742. The zero-order chi connectivity index (χ0) is 16.0. The molecule has 8 heteroatoms. The van der Waals surface area contributed by atoms with E-state index >= 15 is 0 Å². The number of sulfonamides is 1. The number of carbonyl (C=O) groups excluding carboxylic acids is 1. The van der Waals surface area contributed by atoms with Crippen molar-refractivity contribution in [1.82, 2.24) is 4.31 Å². The number of carbonyl (C=O) groups is 1. The molecule has 1 rings (SSSR count). The third kappa shape index (κ3) is 4.17. The van der Waals surface area contributed by atoms with Crippen LogP contribution in [0, 0.1) is 11.3 Å². The molecule has 6 nitrogen and oxygen atoms in total. The first-order valence-corrected chi connectivity index (χ1v) is 7.95. The van der Waals surface area contributed by atoms with Crippen molar-refractivity contribution in [1.29, 1.82) is 5.26 Å². The van der Waals surface area contributed by atoms with Gasteiger partial charge in [0.1, 0.15) is 4.90 Å². The third-order valence-corrected chi connectivity index (χ3v) is 5.28. The maximum absolute atomic E-state index is 12.5. The van der Waals surface area contributed by atoms with Gasteiger partial charge in [0.15, 0.2) is 0 Å². The molecule has 1 aromatic carbocycles. The minimum Gasteiger partial charge on any atom is -0.469 e. The summed E-state index contributed by atoms with van der Waals surface area (Å²) < 4.78 is 30.6. The largest absolute Gasteiger partial charge is 0.469 e. The SMILES string of the molecule is CCN(CCC(=O)OC)S(=O)(=O)c1ccc(C#N)cc1Cl. The van der Waals surface area contributed by atoms with Gasteiger partial charge in [-0.3, -0.25) is 4.79 Å². The monoisotopic (exact) mass is 330 g/mol. The number of esters is 1. The topological polar surface area (TPSA) is 87.5 Å². The van der Waals surface area contributed by atoms with Crippen LogP contribution in [-0.2, 0) is 19.6 Å². The van der Waals surface area contributed by atoms with Crippen molar-refractivity contribution < 1.29 is 17.9 Å². The van der Waals surface area contributed by atoms with Crippen LogP contribution in [0.25, 0.3) is 0 Å². The molecule has 0 saturated carbocycles. The average Bonchev–Trinajstić information content (AvgIpc) is 2.46. The van der Waals surface area contributed by atoms with E-state index in [0.717, 1.165) is 4.31 Å². The van der Waals surface area contributed by atoms with Gasteiger partial charge in [0.2, 0.25) is 10.0 Å². The molecule has 0 N–H and O–H groups in total. The Labute approximate surface area is 128 Å². The molecule has 0 aliphatic carbocycles. The molecule has 0 atom stereocenters. The highest BCUT2D eigenvalue weighted by Gasteiger charge is 2.26. The molecule has 0 bridgehead atoms. The predicted octanol–water partition coefficient (Wildman–Crippen LogP) is 1.79. The molecule has 0 spiro atoms. The van der Waals surface area contributed by atoms with Crippen LogP contribution in [0.2, 0.25) is 5.02 Å². The van der Waals surface area contributed by atoms with E-state index in [9.17, 15) is 13.2 Å². The molecule has 114 valence electrons. The lowest BCUT2D eigenvalue weighted by molar-refractivity contribution is -0.140. The van der Waals surface area contributed by atoms with E-state index in [0.29, 0.717) is 0 Å². The van der Waals surface area contributed by atoms with E-state index in [1.54, 1.807) is 6.92 Å². The number of benzene rings is 1. The zero-order valence-corrected chi connectivity index (χ0v) is 13.2. The van der Waals surface area contributed by atoms with Gasteiger partial charge in [-0.25, -0.2) is 8.42 Å². The first-order valence-electron chi connectivity index (χ1n) is 6.13. The van der Waals surface area contributed by atoms with Gasteiger partial charge < -0.3 is 4.74 Å². The second-order valence-electron chi connectivity index (χ2n) is 4.08. The lowest BCUT2D eigenvalue weighted by atomic mass is 10.2. The van der Waals surface area contributed by atoms with Crippen molar-refractivity contribution in [3.8, 4) is 6.07 Å². The van der Waals surface area contributed by atoms with Gasteiger partial charge in [0.05, 0.1) is 30.2 Å². The molecular weight excluding hydrogens is 316 g/mol. The lowest BCUT2D eigenvalue weighted by Crippen LogP contribution is -2.33. The Hall–Kier alpha value is -1.62. The maximum atomic E-state index is 12.5. The summed E-state index contributed by atoms with van der Waals surface area (Å²) >= 11 is 5.94. The molecule has 0 aliphatic heterocycles. The first kappa shape index (κ1) is 17.4. The number of ether oxygens (including phenoxy) is 1. The number of nitrogens with zero attached hydrogens (tertiary/aromatic N) is 2. The Morgan fingerprint density at radius 3 is 2.62 bits per heavy atom. The smallest absolute Gasteiger partial charge is 0.306 e. The molecule has 0 heterocycles. The summed E-state index contributed by atoms with van der Waals surface area (Å²) in [4.78, 5) is 11.1. The summed E-state index contributed by atoms with van der Waals surface area (Å²) in [5.74, 6) is -0.491. The van der Waals surface area contributed by atoms with Gasteiger partial charge in [0.25, 0.3) is 0 Å². The van der Waals surface area contributed by atoms with Crippen LogP contribution in [0.15, 0.2) is 23.1 Å². The van der Waals surface area contributed by atoms with Crippen molar-refractivity contribution in [3.05, 3.63) is 28.8 Å². The Bertz CT molecular complexity index is 667. The zero-order valence-electron chi connectivity index (χ0n) is 11.7. The first-order chi connectivity index (χ1) is 9.86. The van der Waals surface area contributed by atoms with E-state index < -0.39 is 16.0 Å². The maximum Gasteiger partial charge on any atom is 0.306 e. The van der Waals surface area contributed by atoms with Crippen LogP contribution in [-0.4, -0.2) is 38.9 Å². The van der Waals surface area contributed by atoms with Crippen LogP contribution in [0.1, 0.15) is 18.9 Å². The molecule has 0 radical (unpaired) electrons. The summed E-state index contributed by atoms with van der Waals surface area (Å²) in [6.07, 6.45) is -0.0442. The van der Waals surface area contributed by atoms with Crippen LogP contribution in [0.4, 0.5) is 0 Å². The number of hydrogen-bond acceptors (Lipinski definition) is 5. The standard InChI is InChI=1S/C13H15ClN2O4S/c1-3-16(7-6-13(17)20-2)21(18,19)12-5-4-10(9-15)8-11(12)14/h4-5,8H,3,6-7H2,1-2H3. The summed E-state index contributed by atoms with van der Waals surface area (Å²) in [5.41, 5.74) is 0.275. The molecular formula is C13H15ClN2O4S. The van der Waals surface area contributed by atoms with E-state index in [2.05, 4.69) is 4.74 Å². The fourth-order valence-corrected chi connectivity index (χ4v) is 3.65. The Morgan fingerprint density at radius 2 is 2.14 bits per heavy atom. The molecule has 0 amide bonds. The summed E-state index contributed by atoms with van der Waals surface area (Å²) in [7, 11) is -2.59. The van der Waals surface area contributed by atoms with Gasteiger partial charge in [-0.05, 0) is 18.2 Å². The number of hydrogen-bond donors (Lipinski definition) is 0. The Kier molecular flexibility index (Phi) is 6.15. The van der Waals surface area contributed by atoms with Crippen LogP contribution < -0.4 is 0 Å². The van der Waals surface area contributed by atoms with Gasteiger partial charge >= 0.3 is 5.97 Å². The summed E-state index contributed by atoms with van der Waals surface area (Å²) in [5, 5.41) is 8.74. The fraction of sp³-hybridized carbons (Fsp3) is 0.385. The molecule has 0 saturated heterocycles. The third-order valence-electron chi connectivity index (χ3n) is 2.82. The second-order valence-corrected chi connectivity index (χ2v) is 6.39. The minimum atomic E-state index is -3.83. The lowest BCUT2D eigenvalue weighted by Gasteiger charge is -2.20.